The zero-order chi connectivity index (χ0) is 22.7. The highest BCUT2D eigenvalue weighted by Crippen LogP contribution is 2.30. The second-order valence-corrected chi connectivity index (χ2v) is 10.1. The molecule has 1 aromatic rings. The van der Waals surface area contributed by atoms with Crippen molar-refractivity contribution in [3.05, 3.63) is 29.8 Å². The van der Waals surface area contributed by atoms with E-state index in [1.807, 2.05) is 5.32 Å². The summed E-state index contributed by atoms with van der Waals surface area (Å²) < 4.78 is 43.4. The first-order chi connectivity index (χ1) is 13.9. The second kappa shape index (κ2) is 8.87. The van der Waals surface area contributed by atoms with Crippen LogP contribution in [0.1, 0.15) is 25.8 Å². The molecule has 1 aromatic carbocycles. The third-order valence-corrected chi connectivity index (χ3v) is 7.74. The topological polar surface area (TPSA) is 137 Å². The largest absolute Gasteiger partial charge is 0.497 e. The molecule has 0 unspecified atom stereocenters. The van der Waals surface area contributed by atoms with Gasteiger partial charge in [0.15, 0.2) is 9.84 Å². The number of carbonyl (C=O) groups excluding carboxylic acids is 1. The van der Waals surface area contributed by atoms with E-state index in [9.17, 15) is 32.8 Å². The molecule has 9 nitrogen and oxygen atoms in total. The standard InChI is InChI=1S/C19H24FN3O6S/c1-19(2,30(27,28)11-12-5-4-6-15(7-12)29-3)16(22-18(25)26)17(24)23-10-13(20)8-14(23)9-21/h4-7,13-14,16,22H,8,10-11H2,1-3H3,(H,25,26)/t13-,14-,16+/m0/s1. The van der Waals surface area contributed by atoms with E-state index in [-0.39, 0.29) is 6.42 Å². The number of ether oxygens (including phenoxy) is 1. The lowest BCUT2D eigenvalue weighted by Gasteiger charge is -2.35. The van der Waals surface area contributed by atoms with Gasteiger partial charge in [0.25, 0.3) is 0 Å². The molecule has 0 aromatic heterocycles. The highest BCUT2D eigenvalue weighted by molar-refractivity contribution is 7.92. The van der Waals surface area contributed by atoms with Crippen molar-refractivity contribution in [3.63, 3.8) is 0 Å². The molecule has 1 fully saturated rings. The Kier molecular flexibility index (Phi) is 6.92. The minimum absolute atomic E-state index is 0.209. The van der Waals surface area contributed by atoms with Crippen LogP contribution in [0.15, 0.2) is 24.3 Å². The number of hydrogen-bond donors (Lipinski definition) is 2. The van der Waals surface area contributed by atoms with Crippen LogP contribution >= 0.6 is 0 Å². The molecule has 1 aliphatic rings. The fraction of sp³-hybridized carbons (Fsp3) is 0.526. The van der Waals surface area contributed by atoms with E-state index in [4.69, 9.17) is 4.74 Å². The van der Waals surface area contributed by atoms with Crippen LogP contribution < -0.4 is 10.1 Å². The lowest BCUT2D eigenvalue weighted by molar-refractivity contribution is -0.134. The number of rotatable bonds is 7. The molecule has 164 valence electrons. The summed E-state index contributed by atoms with van der Waals surface area (Å²) in [6.45, 7) is 2.05. The van der Waals surface area contributed by atoms with Gasteiger partial charge in [-0.3, -0.25) is 4.79 Å². The van der Waals surface area contributed by atoms with Gasteiger partial charge in [-0.05, 0) is 31.5 Å². The lowest BCUT2D eigenvalue weighted by atomic mass is 10.0. The summed E-state index contributed by atoms with van der Waals surface area (Å²) in [7, 11) is -2.67. The Bertz CT molecular complexity index is 959. The first-order valence-corrected chi connectivity index (χ1v) is 10.8. The third kappa shape index (κ3) is 4.81. The lowest BCUT2D eigenvalue weighted by Crippen LogP contribution is -2.61. The second-order valence-electron chi connectivity index (χ2n) is 7.57. The van der Waals surface area contributed by atoms with Gasteiger partial charge in [-0.15, -0.1) is 0 Å². The maximum absolute atomic E-state index is 13.8. The number of carboxylic acid groups (broad SMARTS) is 1. The minimum atomic E-state index is -4.10. The first kappa shape index (κ1) is 23.4. The van der Waals surface area contributed by atoms with E-state index in [1.165, 1.54) is 27.0 Å². The van der Waals surface area contributed by atoms with Crippen molar-refractivity contribution in [3.8, 4) is 11.8 Å². The average molecular weight is 441 g/mol. The van der Waals surface area contributed by atoms with Gasteiger partial charge in [0.05, 0.1) is 30.2 Å². The number of methoxy groups -OCH3 is 1. The molecule has 1 aliphatic heterocycles. The maximum Gasteiger partial charge on any atom is 0.405 e. The summed E-state index contributed by atoms with van der Waals surface area (Å²) >= 11 is 0. The fourth-order valence-corrected chi connectivity index (χ4v) is 4.83. The Morgan fingerprint density at radius 3 is 2.70 bits per heavy atom. The van der Waals surface area contributed by atoms with E-state index in [0.717, 1.165) is 4.90 Å². The molecule has 11 heteroatoms. The molecule has 3 atom stereocenters. The summed E-state index contributed by atoms with van der Waals surface area (Å²) in [6, 6.07) is 5.32. The van der Waals surface area contributed by atoms with Crippen LogP contribution in [0.5, 0.6) is 5.75 Å². The molecule has 0 aliphatic carbocycles. The molecule has 0 radical (unpaired) electrons. The van der Waals surface area contributed by atoms with Gasteiger partial charge >= 0.3 is 6.09 Å². The smallest absolute Gasteiger partial charge is 0.405 e. The summed E-state index contributed by atoms with van der Waals surface area (Å²) in [4.78, 5) is 25.3. The Morgan fingerprint density at radius 2 is 2.13 bits per heavy atom. The van der Waals surface area contributed by atoms with Crippen molar-refractivity contribution in [1.29, 1.82) is 5.26 Å². The third-order valence-electron chi connectivity index (χ3n) is 5.18. The molecule has 0 saturated carbocycles. The van der Waals surface area contributed by atoms with Gasteiger partial charge in [0, 0.05) is 6.42 Å². The van der Waals surface area contributed by atoms with Crippen molar-refractivity contribution < 1.29 is 32.2 Å². The van der Waals surface area contributed by atoms with Gasteiger partial charge in [-0.25, -0.2) is 17.6 Å². The number of benzene rings is 1. The zero-order valence-corrected chi connectivity index (χ0v) is 17.6. The maximum atomic E-state index is 13.8. The van der Waals surface area contributed by atoms with Gasteiger partial charge in [0.2, 0.25) is 5.91 Å². The van der Waals surface area contributed by atoms with Crippen molar-refractivity contribution >= 4 is 21.8 Å². The molecule has 0 bridgehead atoms. The normalized spacial score (nSPS) is 20.3. The number of nitrogens with one attached hydrogen (secondary N) is 1. The van der Waals surface area contributed by atoms with Crippen molar-refractivity contribution in [2.75, 3.05) is 13.7 Å². The van der Waals surface area contributed by atoms with E-state index < -0.39 is 57.1 Å². The number of nitrogens with zero attached hydrogens (tertiary/aromatic N) is 2. The molecule has 1 heterocycles. The number of nitriles is 1. The molecule has 1 saturated heterocycles. The number of alkyl halides is 1. The summed E-state index contributed by atoms with van der Waals surface area (Å²) in [5.74, 6) is -0.988. The average Bonchev–Trinajstić information content (AvgIpc) is 3.05. The first-order valence-electron chi connectivity index (χ1n) is 9.11. The summed E-state index contributed by atoms with van der Waals surface area (Å²) in [6.07, 6.45) is -3.26. The molecule has 0 spiro atoms. The molecule has 2 rings (SSSR count). The van der Waals surface area contributed by atoms with Gasteiger partial charge in [-0.1, -0.05) is 12.1 Å². The van der Waals surface area contributed by atoms with Crippen LogP contribution in [0.2, 0.25) is 0 Å². The van der Waals surface area contributed by atoms with Crippen molar-refractivity contribution in [2.45, 2.75) is 49.0 Å². The SMILES string of the molecule is COc1cccc(CS(=O)(=O)C(C)(C)[C@H](NC(=O)O)C(=O)N2C[C@@H](F)C[C@H]2C#N)c1. The fourth-order valence-electron chi connectivity index (χ4n) is 3.32. The predicted molar refractivity (Wildman–Crippen MR) is 105 cm³/mol. The van der Waals surface area contributed by atoms with E-state index in [1.54, 1.807) is 24.3 Å². The van der Waals surface area contributed by atoms with Crippen molar-refractivity contribution in [1.82, 2.24) is 10.2 Å². The zero-order valence-electron chi connectivity index (χ0n) is 16.8. The van der Waals surface area contributed by atoms with E-state index >= 15 is 0 Å². The van der Waals surface area contributed by atoms with Crippen LogP contribution in [-0.2, 0) is 20.4 Å². The Balaban J connectivity index is 2.39. The number of hydrogen-bond acceptors (Lipinski definition) is 6. The summed E-state index contributed by atoms with van der Waals surface area (Å²) in [5, 5.41) is 20.4. The van der Waals surface area contributed by atoms with Gasteiger partial charge in [-0.2, -0.15) is 5.26 Å². The molecular formula is C19H24FN3O6S. The summed E-state index contributed by atoms with van der Waals surface area (Å²) in [5.41, 5.74) is 0.392. The Labute approximate surface area is 174 Å². The Hall–Kier alpha value is -2.87. The number of carbonyl (C=O) groups is 2. The monoisotopic (exact) mass is 441 g/mol. The minimum Gasteiger partial charge on any atom is -0.497 e. The Morgan fingerprint density at radius 1 is 1.47 bits per heavy atom. The molecule has 2 amide bonds. The molecular weight excluding hydrogens is 417 g/mol. The predicted octanol–water partition coefficient (Wildman–Crippen LogP) is 1.49. The number of amides is 2. The van der Waals surface area contributed by atoms with Crippen LogP contribution in [0, 0.1) is 11.3 Å². The van der Waals surface area contributed by atoms with Crippen molar-refractivity contribution in [2.24, 2.45) is 0 Å². The van der Waals surface area contributed by atoms with Crippen LogP contribution in [0.25, 0.3) is 0 Å². The van der Waals surface area contributed by atoms with Crippen LogP contribution in [0.4, 0.5) is 9.18 Å². The highest BCUT2D eigenvalue weighted by Gasteiger charge is 2.50. The quantitative estimate of drug-likeness (QED) is 0.654. The number of likely N-dealkylation sites (tertiary alicyclic amines) is 1. The number of sulfone groups is 1. The van der Waals surface area contributed by atoms with Crippen LogP contribution in [0.3, 0.4) is 0 Å². The molecule has 30 heavy (non-hydrogen) atoms. The number of halogens is 1. The van der Waals surface area contributed by atoms with E-state index in [2.05, 4.69) is 0 Å². The highest BCUT2D eigenvalue weighted by atomic mass is 32.2. The van der Waals surface area contributed by atoms with Gasteiger partial charge < -0.3 is 20.1 Å². The molecule has 2 N–H and O–H groups in total. The van der Waals surface area contributed by atoms with E-state index in [0.29, 0.717) is 11.3 Å². The van der Waals surface area contributed by atoms with Gasteiger partial charge in [0.1, 0.15) is 24.0 Å². The van der Waals surface area contributed by atoms with Crippen LogP contribution in [-0.4, -0.2) is 67.1 Å².